The molecule has 0 spiro atoms. The van der Waals surface area contributed by atoms with Crippen LogP contribution in [0, 0.1) is 40.9 Å². The summed E-state index contributed by atoms with van der Waals surface area (Å²) in [5, 5.41) is 4.69. The van der Waals surface area contributed by atoms with E-state index in [1.807, 2.05) is 0 Å². The van der Waals surface area contributed by atoms with Crippen molar-refractivity contribution in [3.05, 3.63) is 23.3 Å². The van der Waals surface area contributed by atoms with Crippen LogP contribution >= 0.6 is 0 Å². The first-order valence-corrected chi connectivity index (χ1v) is 9.62. The van der Waals surface area contributed by atoms with E-state index in [9.17, 15) is 19.2 Å². The molecule has 7 atom stereocenters. The fraction of sp³-hybridized carbons (Fsp3) is 0.600. The minimum absolute atomic E-state index is 0.311. The number of carbonyl (C=O) groups is 4. The van der Waals surface area contributed by atoms with Crippen LogP contribution in [0.3, 0.4) is 0 Å². The van der Waals surface area contributed by atoms with Crippen molar-refractivity contribution in [3.63, 3.8) is 0 Å². The van der Waals surface area contributed by atoms with Gasteiger partial charge in [0.2, 0.25) is 0 Å². The molecule has 0 aromatic rings. The fourth-order valence-corrected chi connectivity index (χ4v) is 7.56. The molecule has 0 aromatic carbocycles. The van der Waals surface area contributed by atoms with Gasteiger partial charge in [0, 0.05) is 28.7 Å². The van der Waals surface area contributed by atoms with Crippen molar-refractivity contribution in [2.75, 3.05) is 0 Å². The number of nitrogens with one attached hydrogen (secondary N) is 2. The van der Waals surface area contributed by atoms with E-state index in [-0.39, 0.29) is 23.6 Å². The highest BCUT2D eigenvalue weighted by molar-refractivity contribution is 6.18. The van der Waals surface area contributed by atoms with Crippen LogP contribution in [0.15, 0.2) is 23.3 Å². The van der Waals surface area contributed by atoms with Gasteiger partial charge in [0.05, 0.1) is 0 Å². The summed E-state index contributed by atoms with van der Waals surface area (Å²) in [4.78, 5) is 48.0. The molecular formula is C20H20N2O4. The lowest BCUT2D eigenvalue weighted by Gasteiger charge is -2.33. The molecule has 4 aliphatic carbocycles. The summed E-state index contributed by atoms with van der Waals surface area (Å²) in [6.45, 7) is 0. The normalized spacial score (nSPS) is 47.5. The standard InChI is InChI=1S/C20H20N2O4/c23-14-4-10(18(25)21-14)7-20(13-6-15(24)22-19(13)26)12-5-11-8-1-2-9(3-8)16(11)17(12)20/h4,6,8-9,11-12,16-17H,1-3,5,7H2,(H,21,23,25)(H,22,24,26). The fourth-order valence-electron chi connectivity index (χ4n) is 7.56. The number of amides is 4. The third-order valence-electron chi connectivity index (χ3n) is 8.25. The third-order valence-corrected chi connectivity index (χ3v) is 8.25. The maximum Gasteiger partial charge on any atom is 0.254 e. The summed E-state index contributed by atoms with van der Waals surface area (Å²) in [6, 6.07) is 0. The molecule has 4 fully saturated rings. The zero-order valence-electron chi connectivity index (χ0n) is 14.3. The Labute approximate surface area is 150 Å². The number of rotatable bonds is 3. The van der Waals surface area contributed by atoms with Crippen LogP contribution in [-0.2, 0) is 19.2 Å². The molecule has 6 heteroatoms. The van der Waals surface area contributed by atoms with Crippen molar-refractivity contribution < 1.29 is 19.2 Å². The first-order chi connectivity index (χ1) is 12.5. The topological polar surface area (TPSA) is 92.3 Å². The average molecular weight is 352 g/mol. The second kappa shape index (κ2) is 4.53. The van der Waals surface area contributed by atoms with E-state index in [2.05, 4.69) is 10.6 Å². The van der Waals surface area contributed by atoms with Gasteiger partial charge in [-0.1, -0.05) is 0 Å². The maximum absolute atomic E-state index is 12.5. The zero-order chi connectivity index (χ0) is 17.8. The Morgan fingerprint density at radius 2 is 1.65 bits per heavy atom. The van der Waals surface area contributed by atoms with Crippen molar-refractivity contribution in [1.82, 2.24) is 10.6 Å². The first kappa shape index (κ1) is 14.9. The first-order valence-electron chi connectivity index (χ1n) is 9.62. The minimum atomic E-state index is -0.435. The van der Waals surface area contributed by atoms with Gasteiger partial charge in [-0.15, -0.1) is 0 Å². The molecule has 6 nitrogen and oxygen atoms in total. The molecule has 2 N–H and O–H groups in total. The SMILES string of the molecule is O=C1C=C(CC2(C3=CC(=O)NC3=O)C3CC4C5CCC(C5)C4C32)C(=O)N1. The Morgan fingerprint density at radius 3 is 2.35 bits per heavy atom. The van der Waals surface area contributed by atoms with Crippen molar-refractivity contribution >= 4 is 23.6 Å². The Kier molecular flexibility index (Phi) is 2.59. The molecule has 7 unspecified atom stereocenters. The van der Waals surface area contributed by atoms with Gasteiger partial charge in [0.15, 0.2) is 0 Å². The third kappa shape index (κ3) is 1.63. The highest BCUT2D eigenvalue weighted by Crippen LogP contribution is 2.81. The van der Waals surface area contributed by atoms with Crippen LogP contribution in [-0.4, -0.2) is 23.6 Å². The van der Waals surface area contributed by atoms with Crippen molar-refractivity contribution in [2.24, 2.45) is 40.9 Å². The molecule has 4 saturated carbocycles. The second-order valence-corrected chi connectivity index (χ2v) is 9.02. The number of hydrogen-bond acceptors (Lipinski definition) is 4. The molecule has 26 heavy (non-hydrogen) atoms. The lowest BCUT2D eigenvalue weighted by Crippen LogP contribution is -2.32. The van der Waals surface area contributed by atoms with Crippen LogP contribution in [0.1, 0.15) is 32.1 Å². The van der Waals surface area contributed by atoms with Crippen LogP contribution in [0.2, 0.25) is 0 Å². The summed E-state index contributed by atoms with van der Waals surface area (Å²) >= 11 is 0. The van der Waals surface area contributed by atoms with Crippen molar-refractivity contribution in [2.45, 2.75) is 32.1 Å². The lowest BCUT2D eigenvalue weighted by molar-refractivity contribution is -0.126. The Bertz CT molecular complexity index is 871. The van der Waals surface area contributed by atoms with E-state index in [0.717, 1.165) is 24.2 Å². The summed E-state index contributed by atoms with van der Waals surface area (Å²) in [6.07, 6.45) is 8.22. The predicted molar refractivity (Wildman–Crippen MR) is 88.9 cm³/mol. The van der Waals surface area contributed by atoms with Gasteiger partial charge in [-0.25, -0.2) is 0 Å². The van der Waals surface area contributed by atoms with E-state index in [0.29, 0.717) is 35.3 Å². The van der Waals surface area contributed by atoms with Gasteiger partial charge in [0.25, 0.3) is 23.6 Å². The average Bonchev–Trinajstić information content (AvgIpc) is 3.18. The van der Waals surface area contributed by atoms with Crippen LogP contribution in [0.4, 0.5) is 0 Å². The predicted octanol–water partition coefficient (Wildman–Crippen LogP) is 0.840. The van der Waals surface area contributed by atoms with Crippen LogP contribution < -0.4 is 10.6 Å². The zero-order valence-corrected chi connectivity index (χ0v) is 14.3. The van der Waals surface area contributed by atoms with E-state index >= 15 is 0 Å². The van der Waals surface area contributed by atoms with E-state index in [1.165, 1.54) is 31.4 Å². The molecule has 2 heterocycles. The molecule has 2 aliphatic heterocycles. The van der Waals surface area contributed by atoms with Gasteiger partial charge >= 0.3 is 0 Å². The molecule has 134 valence electrons. The molecule has 0 saturated heterocycles. The smallest absolute Gasteiger partial charge is 0.254 e. The van der Waals surface area contributed by atoms with Gasteiger partial charge in [0.1, 0.15) is 0 Å². The largest absolute Gasteiger partial charge is 0.289 e. The lowest BCUT2D eigenvalue weighted by atomic mass is 9.70. The molecule has 0 radical (unpaired) electrons. The number of imide groups is 2. The Morgan fingerprint density at radius 1 is 0.923 bits per heavy atom. The van der Waals surface area contributed by atoms with Crippen molar-refractivity contribution in [1.29, 1.82) is 0 Å². The number of carbonyl (C=O) groups excluding carboxylic acids is 4. The van der Waals surface area contributed by atoms with Gasteiger partial charge < -0.3 is 0 Å². The quantitative estimate of drug-likeness (QED) is 0.736. The van der Waals surface area contributed by atoms with Gasteiger partial charge in [-0.2, -0.15) is 0 Å². The van der Waals surface area contributed by atoms with Gasteiger partial charge in [-0.3, -0.25) is 29.8 Å². The Hall–Kier alpha value is -2.24. The van der Waals surface area contributed by atoms with E-state index in [1.54, 1.807) is 0 Å². The summed E-state index contributed by atoms with van der Waals surface area (Å²) in [7, 11) is 0. The molecule has 2 bridgehead atoms. The van der Waals surface area contributed by atoms with Crippen LogP contribution in [0.25, 0.3) is 0 Å². The Balaban J connectivity index is 1.41. The second-order valence-electron chi connectivity index (χ2n) is 9.02. The maximum atomic E-state index is 12.5. The molecule has 6 rings (SSSR count). The van der Waals surface area contributed by atoms with Crippen molar-refractivity contribution in [3.8, 4) is 0 Å². The minimum Gasteiger partial charge on any atom is -0.289 e. The molecule has 0 aromatic heterocycles. The molecular weight excluding hydrogens is 332 g/mol. The highest BCUT2D eigenvalue weighted by atomic mass is 16.2. The number of fused-ring (bicyclic) bond motifs is 7. The van der Waals surface area contributed by atoms with Gasteiger partial charge in [-0.05, 0) is 67.6 Å². The summed E-state index contributed by atoms with van der Waals surface area (Å²) < 4.78 is 0. The molecule has 6 aliphatic rings. The van der Waals surface area contributed by atoms with E-state index in [4.69, 9.17) is 0 Å². The van der Waals surface area contributed by atoms with Crippen LogP contribution in [0.5, 0.6) is 0 Å². The molecule has 4 amide bonds. The highest BCUT2D eigenvalue weighted by Gasteiger charge is 2.77. The monoisotopic (exact) mass is 352 g/mol. The summed E-state index contributed by atoms with van der Waals surface area (Å²) in [5.41, 5.74) is 0.569. The summed E-state index contributed by atoms with van der Waals surface area (Å²) in [5.74, 6) is 2.25. The van der Waals surface area contributed by atoms with E-state index < -0.39 is 5.41 Å². The number of hydrogen-bond donors (Lipinski definition) is 2.